The molecular formula is C31H30F3N5O2. The van der Waals surface area contributed by atoms with Gasteiger partial charge in [-0.3, -0.25) is 14.5 Å². The number of para-hydroxylation sites is 1. The van der Waals surface area contributed by atoms with Crippen molar-refractivity contribution in [1.82, 2.24) is 15.1 Å². The smallest absolute Gasteiger partial charge is 0.340 e. The summed E-state index contributed by atoms with van der Waals surface area (Å²) < 4.78 is 40.5. The number of hydrogen-bond donors (Lipinski definition) is 1. The second kappa shape index (κ2) is 13.9. The van der Waals surface area contributed by atoms with Gasteiger partial charge >= 0.3 is 6.18 Å². The molecule has 1 N–H and O–H groups in total. The van der Waals surface area contributed by atoms with Crippen LogP contribution in [-0.4, -0.2) is 34.2 Å². The molecule has 0 bridgehead atoms. The van der Waals surface area contributed by atoms with Gasteiger partial charge in [-0.05, 0) is 49.4 Å². The second-order valence-electron chi connectivity index (χ2n) is 8.61. The maximum atomic E-state index is 13.1. The van der Waals surface area contributed by atoms with Crippen LogP contribution in [0.2, 0.25) is 0 Å². The summed E-state index contributed by atoms with van der Waals surface area (Å²) in [6.07, 6.45) is -2.72. The van der Waals surface area contributed by atoms with Crippen molar-refractivity contribution in [2.24, 2.45) is 0 Å². The van der Waals surface area contributed by atoms with Crippen molar-refractivity contribution in [1.29, 1.82) is 5.26 Å². The molecular weight excluding hydrogens is 531 g/mol. The normalized spacial score (nSPS) is 13.9. The van der Waals surface area contributed by atoms with Crippen molar-refractivity contribution in [3.63, 3.8) is 0 Å². The summed E-state index contributed by atoms with van der Waals surface area (Å²) in [5, 5.41) is 15.3. The summed E-state index contributed by atoms with van der Waals surface area (Å²) in [5.41, 5.74) is 1.20. The zero-order chi connectivity index (χ0) is 30.0. The number of anilines is 1. The van der Waals surface area contributed by atoms with Gasteiger partial charge in [0.25, 0.3) is 11.8 Å². The molecule has 2 heterocycles. The van der Waals surface area contributed by atoms with E-state index in [1.807, 2.05) is 68.4 Å². The molecule has 0 aliphatic carbocycles. The maximum absolute atomic E-state index is 13.1. The first-order valence-electron chi connectivity index (χ1n) is 13.1. The second-order valence-corrected chi connectivity index (χ2v) is 8.61. The number of aromatic nitrogens is 2. The number of nitriles is 1. The van der Waals surface area contributed by atoms with Gasteiger partial charge in [-0.2, -0.15) is 23.5 Å². The van der Waals surface area contributed by atoms with E-state index in [9.17, 15) is 22.8 Å². The molecule has 2 amide bonds. The van der Waals surface area contributed by atoms with E-state index < -0.39 is 23.7 Å². The van der Waals surface area contributed by atoms with Crippen LogP contribution in [0, 0.1) is 11.3 Å². The number of alkyl halides is 3. The van der Waals surface area contributed by atoms with E-state index in [1.54, 1.807) is 29.9 Å². The summed E-state index contributed by atoms with van der Waals surface area (Å²) in [5.74, 6) is -0.448. The van der Waals surface area contributed by atoms with Gasteiger partial charge in [-0.15, -0.1) is 0 Å². The lowest BCUT2D eigenvalue weighted by atomic mass is 10.0. The molecule has 1 unspecified atom stereocenters. The van der Waals surface area contributed by atoms with Crippen LogP contribution in [0.4, 0.5) is 19.0 Å². The Balaban J connectivity index is 0.000000394. The SMILES string of the molecule is CC.CCN1C(=O)C(NC(=O)c2cccc(C(F)(F)F)c2)Cc2cnn(-c3ccccc3)c21.N#Cc1ccccc1. The Labute approximate surface area is 236 Å². The van der Waals surface area contributed by atoms with Crippen LogP contribution in [0.5, 0.6) is 0 Å². The third kappa shape index (κ3) is 7.39. The Morgan fingerprint density at radius 3 is 2.22 bits per heavy atom. The van der Waals surface area contributed by atoms with Crippen molar-refractivity contribution in [3.8, 4) is 11.8 Å². The number of halogens is 3. The lowest BCUT2D eigenvalue weighted by Gasteiger charge is -2.32. The minimum absolute atomic E-state index is 0.156. The van der Waals surface area contributed by atoms with Crippen LogP contribution >= 0.6 is 0 Å². The molecule has 212 valence electrons. The van der Waals surface area contributed by atoms with E-state index in [2.05, 4.69) is 10.4 Å². The highest BCUT2D eigenvalue weighted by Crippen LogP contribution is 2.31. The maximum Gasteiger partial charge on any atom is 0.416 e. The fourth-order valence-corrected chi connectivity index (χ4v) is 4.17. The van der Waals surface area contributed by atoms with E-state index in [4.69, 9.17) is 5.26 Å². The molecule has 0 saturated carbocycles. The molecule has 4 aromatic rings. The number of carbonyl (C=O) groups is 2. The van der Waals surface area contributed by atoms with Crippen molar-refractivity contribution < 1.29 is 22.8 Å². The molecule has 0 radical (unpaired) electrons. The van der Waals surface area contributed by atoms with Crippen LogP contribution in [0.1, 0.15) is 47.8 Å². The molecule has 10 heteroatoms. The van der Waals surface area contributed by atoms with Gasteiger partial charge in [-0.25, -0.2) is 4.68 Å². The molecule has 1 atom stereocenters. The monoisotopic (exact) mass is 561 g/mol. The molecule has 0 saturated heterocycles. The number of benzene rings is 3. The van der Waals surface area contributed by atoms with E-state index >= 15 is 0 Å². The van der Waals surface area contributed by atoms with Crippen LogP contribution in [-0.2, 0) is 17.4 Å². The van der Waals surface area contributed by atoms with Crippen molar-refractivity contribution in [2.75, 3.05) is 11.4 Å². The minimum Gasteiger partial charge on any atom is -0.340 e. The third-order valence-corrected chi connectivity index (χ3v) is 6.04. The summed E-state index contributed by atoms with van der Waals surface area (Å²) in [4.78, 5) is 27.2. The first-order chi connectivity index (χ1) is 19.7. The molecule has 1 aliphatic rings. The Morgan fingerprint density at radius 1 is 1.02 bits per heavy atom. The Bertz CT molecular complexity index is 1500. The van der Waals surface area contributed by atoms with Crippen LogP contribution in [0.15, 0.2) is 91.1 Å². The van der Waals surface area contributed by atoms with Crippen LogP contribution < -0.4 is 10.2 Å². The molecule has 0 spiro atoms. The highest BCUT2D eigenvalue weighted by Gasteiger charge is 2.37. The first kappa shape index (κ1) is 30.6. The van der Waals surface area contributed by atoms with E-state index in [1.165, 1.54) is 17.0 Å². The molecule has 1 aliphatic heterocycles. The quantitative estimate of drug-likeness (QED) is 0.322. The minimum atomic E-state index is -4.56. The summed E-state index contributed by atoms with van der Waals surface area (Å²) >= 11 is 0. The topological polar surface area (TPSA) is 91.0 Å². The van der Waals surface area contributed by atoms with Gasteiger partial charge in [-0.1, -0.05) is 56.3 Å². The molecule has 0 fully saturated rings. The largest absolute Gasteiger partial charge is 0.416 e. The molecule has 41 heavy (non-hydrogen) atoms. The lowest BCUT2D eigenvalue weighted by Crippen LogP contribution is -2.53. The van der Waals surface area contributed by atoms with Crippen molar-refractivity contribution in [2.45, 2.75) is 39.4 Å². The standard InChI is InChI=1S/C22H19F3N4O2.C7H5N.C2H6/c1-2-28-20-15(13-26-29(20)17-9-4-3-5-10-17)12-18(21(28)31)27-19(30)14-7-6-8-16(11-14)22(23,24)25;8-6-7-4-2-1-3-5-7;1-2/h3-11,13,18H,2,12H2,1H3,(H,27,30);1-5H;1-2H3. The number of amides is 2. The lowest BCUT2D eigenvalue weighted by molar-refractivity contribution is -0.137. The summed E-state index contributed by atoms with van der Waals surface area (Å²) in [6, 6.07) is 23.7. The molecule has 5 rings (SSSR count). The highest BCUT2D eigenvalue weighted by molar-refractivity contribution is 6.04. The molecule has 3 aromatic carbocycles. The van der Waals surface area contributed by atoms with E-state index in [-0.39, 0.29) is 17.9 Å². The highest BCUT2D eigenvalue weighted by atomic mass is 19.4. The van der Waals surface area contributed by atoms with Gasteiger partial charge in [0.15, 0.2) is 0 Å². The van der Waals surface area contributed by atoms with E-state index in [0.717, 1.165) is 23.4 Å². The number of carbonyl (C=O) groups excluding carboxylic acids is 2. The van der Waals surface area contributed by atoms with Gasteiger partial charge in [0.05, 0.1) is 29.1 Å². The van der Waals surface area contributed by atoms with Crippen LogP contribution in [0.25, 0.3) is 5.69 Å². The average molecular weight is 562 g/mol. The Kier molecular flexibility index (Phi) is 10.4. The predicted octanol–water partition coefficient (Wildman–Crippen LogP) is 6.18. The summed E-state index contributed by atoms with van der Waals surface area (Å²) in [7, 11) is 0. The predicted molar refractivity (Wildman–Crippen MR) is 150 cm³/mol. The van der Waals surface area contributed by atoms with Gasteiger partial charge in [0.1, 0.15) is 11.9 Å². The third-order valence-electron chi connectivity index (χ3n) is 6.04. The van der Waals surface area contributed by atoms with Crippen molar-refractivity contribution in [3.05, 3.63) is 113 Å². The van der Waals surface area contributed by atoms with E-state index in [0.29, 0.717) is 17.9 Å². The Morgan fingerprint density at radius 2 is 1.66 bits per heavy atom. The van der Waals surface area contributed by atoms with Gasteiger partial charge in [0.2, 0.25) is 0 Å². The fourth-order valence-electron chi connectivity index (χ4n) is 4.17. The average Bonchev–Trinajstić information content (AvgIpc) is 3.43. The zero-order valence-electron chi connectivity index (χ0n) is 22.9. The number of nitrogens with one attached hydrogen (secondary N) is 1. The number of likely N-dealkylation sites (N-methyl/N-ethyl adjacent to an activating group) is 1. The van der Waals surface area contributed by atoms with Crippen molar-refractivity contribution >= 4 is 17.6 Å². The fraction of sp³-hybridized carbons (Fsp3) is 0.226. The summed E-state index contributed by atoms with van der Waals surface area (Å²) in [6.45, 7) is 6.15. The number of hydrogen-bond acceptors (Lipinski definition) is 4. The zero-order valence-corrected chi connectivity index (χ0v) is 22.9. The van der Waals surface area contributed by atoms with Crippen LogP contribution in [0.3, 0.4) is 0 Å². The van der Waals surface area contributed by atoms with Gasteiger partial charge in [0, 0.05) is 24.1 Å². The first-order valence-corrected chi connectivity index (χ1v) is 13.1. The molecule has 1 aromatic heterocycles. The Hall–Kier alpha value is -4.91. The molecule has 7 nitrogen and oxygen atoms in total. The van der Waals surface area contributed by atoms with Gasteiger partial charge < -0.3 is 5.32 Å². The number of nitrogens with zero attached hydrogens (tertiary/aromatic N) is 4. The number of fused-ring (bicyclic) bond motifs is 1. The number of rotatable bonds is 4.